The summed E-state index contributed by atoms with van der Waals surface area (Å²) in [5, 5.41) is 3.19. The Morgan fingerprint density at radius 1 is 1.17 bits per heavy atom. The van der Waals surface area contributed by atoms with Crippen LogP contribution in [0, 0.1) is 5.53 Å². The van der Waals surface area contributed by atoms with E-state index in [1.807, 2.05) is 0 Å². The second kappa shape index (κ2) is 5.90. The lowest BCUT2D eigenvalue weighted by atomic mass is 10.1. The Morgan fingerprint density at radius 2 is 1.67 bits per heavy atom. The van der Waals surface area contributed by atoms with Gasteiger partial charge < -0.3 is 9.47 Å². The molecule has 0 saturated heterocycles. The summed E-state index contributed by atoms with van der Waals surface area (Å²) in [6.07, 6.45) is 0. The van der Waals surface area contributed by atoms with Crippen LogP contribution < -0.4 is 0 Å². The Balaban J connectivity index is 3.22. The molecule has 1 aromatic rings. The van der Waals surface area contributed by atoms with E-state index in [0.29, 0.717) is 5.56 Å². The van der Waals surface area contributed by atoms with Gasteiger partial charge in [0.15, 0.2) is 0 Å². The van der Waals surface area contributed by atoms with Gasteiger partial charge in [-0.3, -0.25) is 9.59 Å². The van der Waals surface area contributed by atoms with Crippen LogP contribution in [0.5, 0.6) is 0 Å². The van der Waals surface area contributed by atoms with Crippen LogP contribution in [-0.4, -0.2) is 18.5 Å². The second-order valence-electron chi connectivity index (χ2n) is 3.62. The van der Waals surface area contributed by atoms with E-state index in [0.717, 1.165) is 0 Å². The zero-order valence-electron chi connectivity index (χ0n) is 10.2. The Bertz CT molecular complexity index is 429. The average molecular weight is 250 g/mol. The highest BCUT2D eigenvalue weighted by Crippen LogP contribution is 2.28. The van der Waals surface area contributed by atoms with Gasteiger partial charge in [0.1, 0.15) is 6.54 Å². The maximum absolute atomic E-state index is 11.2. The fourth-order valence-corrected chi connectivity index (χ4v) is 1.56. The second-order valence-corrected chi connectivity index (χ2v) is 3.62. The predicted molar refractivity (Wildman–Crippen MR) is 61.7 cm³/mol. The first kappa shape index (κ1) is 13.8. The standard InChI is InChI=1S/C12H14N2O4/c1-9(15)17-12(8-14-13,18-10(2)16)11-6-4-3-5-7-11/h3-7,13H,8H2,1-2H3. The molecule has 96 valence electrons. The van der Waals surface area contributed by atoms with Gasteiger partial charge in [-0.1, -0.05) is 30.3 Å². The highest BCUT2D eigenvalue weighted by Gasteiger charge is 2.39. The van der Waals surface area contributed by atoms with Crippen LogP contribution in [0.1, 0.15) is 19.4 Å². The van der Waals surface area contributed by atoms with E-state index in [9.17, 15) is 9.59 Å². The number of nitrogens with zero attached hydrogens (tertiary/aromatic N) is 1. The van der Waals surface area contributed by atoms with Gasteiger partial charge in [0.05, 0.1) is 0 Å². The molecule has 0 atom stereocenters. The third kappa shape index (κ3) is 3.38. The zero-order chi connectivity index (χ0) is 13.6. The first-order valence-electron chi connectivity index (χ1n) is 5.28. The van der Waals surface area contributed by atoms with Crippen molar-refractivity contribution in [1.29, 1.82) is 5.53 Å². The first-order chi connectivity index (χ1) is 8.50. The number of esters is 2. The molecule has 0 amide bonds. The number of ether oxygens (including phenoxy) is 2. The molecule has 0 aliphatic carbocycles. The molecule has 0 bridgehead atoms. The summed E-state index contributed by atoms with van der Waals surface area (Å²) in [6.45, 7) is 2.12. The lowest BCUT2D eigenvalue weighted by Crippen LogP contribution is -2.39. The minimum absolute atomic E-state index is 0.282. The maximum atomic E-state index is 11.2. The van der Waals surface area contributed by atoms with Gasteiger partial charge in [0, 0.05) is 19.4 Å². The van der Waals surface area contributed by atoms with Crippen molar-refractivity contribution in [2.75, 3.05) is 6.54 Å². The summed E-state index contributed by atoms with van der Waals surface area (Å²) in [7, 11) is 0. The minimum atomic E-state index is -1.67. The summed E-state index contributed by atoms with van der Waals surface area (Å²) in [5.74, 6) is -2.91. The van der Waals surface area contributed by atoms with Gasteiger partial charge in [0.25, 0.3) is 0 Å². The van der Waals surface area contributed by atoms with Crippen molar-refractivity contribution < 1.29 is 19.1 Å². The highest BCUT2D eigenvalue weighted by molar-refractivity contribution is 5.69. The number of hydrogen-bond acceptors (Lipinski definition) is 6. The average Bonchev–Trinajstić information content (AvgIpc) is 2.28. The van der Waals surface area contributed by atoms with E-state index in [-0.39, 0.29) is 6.54 Å². The van der Waals surface area contributed by atoms with Crippen LogP contribution in [0.15, 0.2) is 35.4 Å². The van der Waals surface area contributed by atoms with Crippen LogP contribution in [-0.2, 0) is 24.8 Å². The third-order valence-electron chi connectivity index (χ3n) is 2.12. The van der Waals surface area contributed by atoms with E-state index in [1.54, 1.807) is 30.3 Å². The Kier molecular flexibility index (Phi) is 4.53. The number of nitrogens with one attached hydrogen (secondary N) is 1. The van der Waals surface area contributed by atoms with E-state index in [4.69, 9.17) is 15.0 Å². The molecule has 0 spiro atoms. The molecule has 0 aliphatic rings. The van der Waals surface area contributed by atoms with Crippen LogP contribution in [0.3, 0.4) is 0 Å². The summed E-state index contributed by atoms with van der Waals surface area (Å²) >= 11 is 0. The van der Waals surface area contributed by atoms with Crippen LogP contribution in [0.4, 0.5) is 0 Å². The largest absolute Gasteiger partial charge is 0.416 e. The topological polar surface area (TPSA) is 88.8 Å². The summed E-state index contributed by atoms with van der Waals surface area (Å²) in [4.78, 5) is 22.3. The number of rotatable bonds is 5. The van der Waals surface area contributed by atoms with Gasteiger partial charge in [-0.05, 0) is 0 Å². The van der Waals surface area contributed by atoms with Crippen LogP contribution in [0.2, 0.25) is 0 Å². The zero-order valence-corrected chi connectivity index (χ0v) is 10.2. The minimum Gasteiger partial charge on any atom is -0.416 e. The molecule has 0 heterocycles. The molecule has 0 aliphatic heterocycles. The summed E-state index contributed by atoms with van der Waals surface area (Å²) in [6, 6.07) is 8.46. The van der Waals surface area contributed by atoms with Crippen molar-refractivity contribution >= 4 is 11.9 Å². The smallest absolute Gasteiger partial charge is 0.306 e. The molecule has 18 heavy (non-hydrogen) atoms. The number of carbonyl (C=O) groups is 2. The van der Waals surface area contributed by atoms with Crippen LogP contribution >= 0.6 is 0 Å². The van der Waals surface area contributed by atoms with E-state index < -0.39 is 17.7 Å². The molecule has 6 nitrogen and oxygen atoms in total. The molecule has 0 fully saturated rings. The monoisotopic (exact) mass is 250 g/mol. The maximum Gasteiger partial charge on any atom is 0.306 e. The van der Waals surface area contributed by atoms with Crippen molar-refractivity contribution in [1.82, 2.24) is 0 Å². The third-order valence-corrected chi connectivity index (χ3v) is 2.12. The molecule has 0 unspecified atom stereocenters. The highest BCUT2D eigenvalue weighted by atomic mass is 16.7. The molecule has 0 radical (unpaired) electrons. The van der Waals surface area contributed by atoms with Crippen molar-refractivity contribution in [3.05, 3.63) is 35.9 Å². The Hall–Kier alpha value is -2.24. The van der Waals surface area contributed by atoms with Gasteiger partial charge in [-0.15, -0.1) is 0 Å². The van der Waals surface area contributed by atoms with Gasteiger partial charge >= 0.3 is 17.7 Å². The van der Waals surface area contributed by atoms with Gasteiger partial charge in [-0.2, -0.15) is 5.11 Å². The van der Waals surface area contributed by atoms with Crippen LogP contribution in [0.25, 0.3) is 0 Å². The fraction of sp³-hybridized carbons (Fsp3) is 0.333. The SMILES string of the molecule is CC(=O)OC(CN=N)(OC(C)=O)c1ccccc1. The molecule has 0 aromatic heterocycles. The Labute approximate surface area is 104 Å². The fourth-order valence-electron chi connectivity index (χ4n) is 1.56. The van der Waals surface area contributed by atoms with Gasteiger partial charge in [-0.25, -0.2) is 5.53 Å². The van der Waals surface area contributed by atoms with Crippen molar-refractivity contribution in [2.45, 2.75) is 19.6 Å². The molecular formula is C12H14N2O4. The van der Waals surface area contributed by atoms with Crippen molar-refractivity contribution in [3.63, 3.8) is 0 Å². The first-order valence-corrected chi connectivity index (χ1v) is 5.28. The summed E-state index contributed by atoms with van der Waals surface area (Å²) in [5.41, 5.74) is 7.39. The quantitative estimate of drug-likeness (QED) is 0.491. The summed E-state index contributed by atoms with van der Waals surface area (Å²) < 4.78 is 10.2. The van der Waals surface area contributed by atoms with E-state index >= 15 is 0 Å². The number of benzene rings is 1. The lowest BCUT2D eigenvalue weighted by Gasteiger charge is -2.30. The molecule has 1 aromatic carbocycles. The van der Waals surface area contributed by atoms with Gasteiger partial charge in [0.2, 0.25) is 0 Å². The molecule has 1 rings (SSSR count). The molecule has 6 heteroatoms. The predicted octanol–water partition coefficient (Wildman–Crippen LogP) is 2.00. The van der Waals surface area contributed by atoms with Crippen molar-refractivity contribution in [3.8, 4) is 0 Å². The van der Waals surface area contributed by atoms with E-state index in [1.165, 1.54) is 13.8 Å². The lowest BCUT2D eigenvalue weighted by molar-refractivity contribution is -0.228. The van der Waals surface area contributed by atoms with Crippen molar-refractivity contribution in [2.24, 2.45) is 5.11 Å². The number of hydrogen-bond donors (Lipinski definition) is 1. The Morgan fingerprint density at radius 3 is 2.06 bits per heavy atom. The van der Waals surface area contributed by atoms with E-state index in [2.05, 4.69) is 5.11 Å². The normalized spacial score (nSPS) is 10.6. The number of carbonyl (C=O) groups excluding carboxylic acids is 2. The molecule has 0 saturated carbocycles. The molecule has 1 N–H and O–H groups in total. The molecular weight excluding hydrogens is 236 g/mol.